The van der Waals surface area contributed by atoms with Gasteiger partial charge >= 0.3 is 0 Å². The Morgan fingerprint density at radius 3 is 3.16 bits per heavy atom. The van der Waals surface area contributed by atoms with Crippen LogP contribution in [0.2, 0.25) is 0 Å². The van der Waals surface area contributed by atoms with Gasteiger partial charge in [-0.15, -0.1) is 11.3 Å². The van der Waals surface area contributed by atoms with E-state index in [9.17, 15) is 4.79 Å². The molecule has 2 rings (SSSR count). The van der Waals surface area contributed by atoms with Gasteiger partial charge < -0.3 is 10.6 Å². The summed E-state index contributed by atoms with van der Waals surface area (Å²) in [4.78, 5) is 16.1. The van der Waals surface area contributed by atoms with Gasteiger partial charge in [-0.2, -0.15) is 0 Å². The Bertz CT molecular complexity index is 399. The number of aryl methyl sites for hydroxylation is 1. The number of nitrogens with zero attached hydrogens (tertiary/aromatic N) is 1. The van der Waals surface area contributed by atoms with Crippen LogP contribution in [-0.2, 0) is 11.2 Å². The average molecular weight is 281 g/mol. The maximum atomic E-state index is 11.7. The number of hydrogen-bond donors (Lipinski definition) is 2. The van der Waals surface area contributed by atoms with E-state index < -0.39 is 0 Å². The van der Waals surface area contributed by atoms with Gasteiger partial charge in [0.05, 0.1) is 10.7 Å². The zero-order chi connectivity index (χ0) is 13.5. The molecule has 1 fully saturated rings. The van der Waals surface area contributed by atoms with Gasteiger partial charge in [0.15, 0.2) is 0 Å². The average Bonchev–Trinajstić information content (AvgIpc) is 2.83. The fraction of sp³-hybridized carbons (Fsp3) is 0.714. The number of aromatic nitrogens is 1. The van der Waals surface area contributed by atoms with Crippen molar-refractivity contribution in [1.82, 2.24) is 15.6 Å². The van der Waals surface area contributed by atoms with Crippen LogP contribution in [0, 0.1) is 6.92 Å². The lowest BCUT2D eigenvalue weighted by atomic mass is 10.0. The third kappa shape index (κ3) is 5.28. The molecule has 2 heterocycles. The third-order valence-electron chi connectivity index (χ3n) is 3.50. The third-order valence-corrected chi connectivity index (χ3v) is 4.32. The molecule has 1 atom stereocenters. The molecule has 1 aliphatic rings. The van der Waals surface area contributed by atoms with Crippen LogP contribution in [0.5, 0.6) is 0 Å². The van der Waals surface area contributed by atoms with Gasteiger partial charge in [0.2, 0.25) is 5.91 Å². The zero-order valence-corrected chi connectivity index (χ0v) is 12.4. The van der Waals surface area contributed by atoms with Gasteiger partial charge in [0.25, 0.3) is 0 Å². The molecule has 1 aromatic heterocycles. The predicted molar refractivity (Wildman–Crippen MR) is 78.4 cm³/mol. The number of carbonyl (C=O) groups excluding carboxylic acids is 1. The molecule has 1 unspecified atom stereocenters. The highest BCUT2D eigenvalue weighted by Crippen LogP contribution is 2.11. The molecule has 0 radical (unpaired) electrons. The molecular formula is C14H23N3OS. The maximum absolute atomic E-state index is 11.7. The number of rotatable bonds is 6. The minimum atomic E-state index is 0.166. The van der Waals surface area contributed by atoms with E-state index in [0.717, 1.165) is 30.1 Å². The van der Waals surface area contributed by atoms with Gasteiger partial charge in [0, 0.05) is 30.8 Å². The lowest BCUT2D eigenvalue weighted by Gasteiger charge is -2.23. The first-order chi connectivity index (χ1) is 9.24. The van der Waals surface area contributed by atoms with E-state index >= 15 is 0 Å². The number of piperidine rings is 1. The van der Waals surface area contributed by atoms with Crippen molar-refractivity contribution < 1.29 is 4.79 Å². The van der Waals surface area contributed by atoms with Crippen molar-refractivity contribution >= 4 is 17.2 Å². The minimum absolute atomic E-state index is 0.166. The summed E-state index contributed by atoms with van der Waals surface area (Å²) in [5, 5.41) is 9.60. The summed E-state index contributed by atoms with van der Waals surface area (Å²) in [6, 6.07) is 0.542. The van der Waals surface area contributed by atoms with E-state index in [1.54, 1.807) is 11.3 Å². The smallest absolute Gasteiger partial charge is 0.220 e. The molecule has 106 valence electrons. The van der Waals surface area contributed by atoms with E-state index in [1.165, 1.54) is 19.3 Å². The quantitative estimate of drug-likeness (QED) is 0.839. The summed E-state index contributed by atoms with van der Waals surface area (Å²) in [7, 11) is 0. The lowest BCUT2D eigenvalue weighted by molar-refractivity contribution is -0.121. The van der Waals surface area contributed by atoms with E-state index in [2.05, 4.69) is 21.0 Å². The lowest BCUT2D eigenvalue weighted by Crippen LogP contribution is -2.35. The predicted octanol–water partition coefficient (Wildman–Crippen LogP) is 2.03. The molecule has 0 bridgehead atoms. The van der Waals surface area contributed by atoms with Crippen LogP contribution in [0.25, 0.3) is 0 Å². The maximum Gasteiger partial charge on any atom is 0.220 e. The highest BCUT2D eigenvalue weighted by atomic mass is 32.1. The first kappa shape index (κ1) is 14.5. The monoisotopic (exact) mass is 281 g/mol. The molecule has 2 N–H and O–H groups in total. The summed E-state index contributed by atoms with van der Waals surface area (Å²) in [6.07, 6.45) is 6.21. The fourth-order valence-corrected chi connectivity index (χ4v) is 3.06. The molecule has 1 saturated heterocycles. The second-order valence-electron chi connectivity index (χ2n) is 5.14. The van der Waals surface area contributed by atoms with Crippen molar-refractivity contribution in [2.75, 3.05) is 13.1 Å². The van der Waals surface area contributed by atoms with Crippen molar-refractivity contribution in [3.63, 3.8) is 0 Å². The van der Waals surface area contributed by atoms with Crippen molar-refractivity contribution in [3.05, 3.63) is 16.1 Å². The first-order valence-corrected chi connectivity index (χ1v) is 8.03. The van der Waals surface area contributed by atoms with Crippen LogP contribution in [0.15, 0.2) is 5.38 Å². The second-order valence-corrected chi connectivity index (χ2v) is 6.21. The molecule has 0 saturated carbocycles. The van der Waals surface area contributed by atoms with Crippen molar-refractivity contribution in [2.45, 2.75) is 51.5 Å². The molecule has 1 aliphatic heterocycles. The van der Waals surface area contributed by atoms with Gasteiger partial charge in [-0.3, -0.25) is 4.79 Å². The normalized spacial score (nSPS) is 19.3. The molecule has 1 aromatic rings. The summed E-state index contributed by atoms with van der Waals surface area (Å²) in [5.74, 6) is 0.166. The summed E-state index contributed by atoms with van der Waals surface area (Å²) in [6.45, 7) is 3.81. The molecule has 0 aliphatic carbocycles. The molecule has 0 aromatic carbocycles. The number of nitrogens with one attached hydrogen (secondary N) is 2. The van der Waals surface area contributed by atoms with E-state index in [1.807, 2.05) is 6.92 Å². The van der Waals surface area contributed by atoms with Gasteiger partial charge in [-0.05, 0) is 32.7 Å². The number of hydrogen-bond acceptors (Lipinski definition) is 4. The standard InChI is InChI=1S/C14H23N3OS/c1-11-17-13(10-19-11)7-9-16-14(18)6-5-12-4-2-3-8-15-12/h10,12,15H,2-9H2,1H3,(H,16,18). The van der Waals surface area contributed by atoms with Crippen LogP contribution in [-0.4, -0.2) is 30.0 Å². The fourth-order valence-electron chi connectivity index (χ4n) is 2.42. The van der Waals surface area contributed by atoms with Crippen LogP contribution in [0.3, 0.4) is 0 Å². The van der Waals surface area contributed by atoms with Crippen LogP contribution >= 0.6 is 11.3 Å². The highest BCUT2D eigenvalue weighted by Gasteiger charge is 2.13. The van der Waals surface area contributed by atoms with Crippen LogP contribution in [0.4, 0.5) is 0 Å². The van der Waals surface area contributed by atoms with Gasteiger partial charge in [-0.1, -0.05) is 6.42 Å². The zero-order valence-electron chi connectivity index (χ0n) is 11.6. The Kier molecular flexibility index (Phi) is 5.79. The van der Waals surface area contributed by atoms with Crippen LogP contribution < -0.4 is 10.6 Å². The van der Waals surface area contributed by atoms with E-state index in [-0.39, 0.29) is 5.91 Å². The van der Waals surface area contributed by atoms with Crippen molar-refractivity contribution in [1.29, 1.82) is 0 Å². The van der Waals surface area contributed by atoms with Gasteiger partial charge in [0.1, 0.15) is 0 Å². The molecule has 0 spiro atoms. The second kappa shape index (κ2) is 7.60. The Labute approximate surface area is 119 Å². The Morgan fingerprint density at radius 2 is 2.47 bits per heavy atom. The molecule has 19 heavy (non-hydrogen) atoms. The first-order valence-electron chi connectivity index (χ1n) is 7.15. The SMILES string of the molecule is Cc1nc(CCNC(=O)CCC2CCCCN2)cs1. The van der Waals surface area contributed by atoms with Crippen molar-refractivity contribution in [2.24, 2.45) is 0 Å². The summed E-state index contributed by atoms with van der Waals surface area (Å²) >= 11 is 1.66. The van der Waals surface area contributed by atoms with Crippen molar-refractivity contribution in [3.8, 4) is 0 Å². The Morgan fingerprint density at radius 1 is 1.58 bits per heavy atom. The molecule has 4 nitrogen and oxygen atoms in total. The molecule has 5 heteroatoms. The minimum Gasteiger partial charge on any atom is -0.356 e. The highest BCUT2D eigenvalue weighted by molar-refractivity contribution is 7.09. The number of amides is 1. The van der Waals surface area contributed by atoms with E-state index in [0.29, 0.717) is 19.0 Å². The van der Waals surface area contributed by atoms with Gasteiger partial charge in [-0.25, -0.2) is 4.98 Å². The number of thiazole rings is 1. The summed E-state index contributed by atoms with van der Waals surface area (Å²) < 4.78 is 0. The van der Waals surface area contributed by atoms with E-state index in [4.69, 9.17) is 0 Å². The number of carbonyl (C=O) groups is 1. The molecule has 1 amide bonds. The Hall–Kier alpha value is -0.940. The summed E-state index contributed by atoms with van der Waals surface area (Å²) in [5.41, 5.74) is 1.08. The largest absolute Gasteiger partial charge is 0.356 e. The molecular weight excluding hydrogens is 258 g/mol. The Balaban J connectivity index is 1.56. The topological polar surface area (TPSA) is 54.0 Å². The van der Waals surface area contributed by atoms with Crippen LogP contribution in [0.1, 0.15) is 42.8 Å².